The first kappa shape index (κ1) is 18.6. The lowest BCUT2D eigenvalue weighted by Crippen LogP contribution is -2.15. The molecule has 0 atom stereocenters. The second-order valence-electron chi connectivity index (χ2n) is 7.42. The van der Waals surface area contributed by atoms with Crippen LogP contribution in [0.25, 0.3) is 0 Å². The Balaban J connectivity index is 1.59. The molecule has 1 fully saturated rings. The minimum Gasteiger partial charge on any atom is -0.323 e. The number of anilines is 1. The number of nitrogens with one attached hydrogen (secondary N) is 1. The van der Waals surface area contributed by atoms with Gasteiger partial charge >= 0.3 is 0 Å². The van der Waals surface area contributed by atoms with Gasteiger partial charge in [0, 0.05) is 6.42 Å². The number of nitrogens with zero attached hydrogens (tertiary/aromatic N) is 2. The molecule has 1 saturated carbocycles. The first-order valence-electron chi connectivity index (χ1n) is 9.61. The first-order chi connectivity index (χ1) is 12.5. The van der Waals surface area contributed by atoms with E-state index in [1.807, 2.05) is 18.5 Å². The summed E-state index contributed by atoms with van der Waals surface area (Å²) in [4.78, 5) is 12.4. The van der Waals surface area contributed by atoms with E-state index in [-0.39, 0.29) is 11.7 Å². The van der Waals surface area contributed by atoms with Crippen LogP contribution in [0.3, 0.4) is 0 Å². The highest BCUT2D eigenvalue weighted by Gasteiger charge is 2.17. The predicted molar refractivity (Wildman–Crippen MR) is 102 cm³/mol. The van der Waals surface area contributed by atoms with Gasteiger partial charge in [-0.2, -0.15) is 5.10 Å². The van der Waals surface area contributed by atoms with E-state index in [9.17, 15) is 9.18 Å². The number of carbonyl (C=O) groups is 1. The molecule has 3 rings (SSSR count). The van der Waals surface area contributed by atoms with Crippen LogP contribution in [-0.4, -0.2) is 15.7 Å². The number of rotatable bonds is 6. The highest BCUT2D eigenvalue weighted by Crippen LogP contribution is 2.28. The molecule has 1 aromatic carbocycles. The summed E-state index contributed by atoms with van der Waals surface area (Å²) in [6.45, 7) is 4.43. The molecule has 4 nitrogen and oxygen atoms in total. The third-order valence-electron chi connectivity index (χ3n) is 5.40. The molecular formula is C21H28FN3O. The van der Waals surface area contributed by atoms with E-state index in [0.29, 0.717) is 18.9 Å². The van der Waals surface area contributed by atoms with Gasteiger partial charge in [0.1, 0.15) is 5.82 Å². The molecule has 1 heterocycles. The Morgan fingerprint density at radius 1 is 1.19 bits per heavy atom. The SMILES string of the molecule is Cc1nn(Cc2ccc(F)cc2)c(C)c1NC(=O)CCC1CCCCC1. The Hall–Kier alpha value is -2.17. The van der Waals surface area contributed by atoms with Gasteiger partial charge in [-0.05, 0) is 43.9 Å². The number of benzene rings is 1. The molecule has 0 aliphatic heterocycles. The lowest BCUT2D eigenvalue weighted by atomic mass is 9.86. The molecule has 2 aromatic rings. The van der Waals surface area contributed by atoms with Crippen molar-refractivity contribution in [1.29, 1.82) is 0 Å². The number of hydrogen-bond acceptors (Lipinski definition) is 2. The maximum absolute atomic E-state index is 13.1. The summed E-state index contributed by atoms with van der Waals surface area (Å²) in [5.74, 6) is 0.536. The second kappa shape index (κ2) is 8.47. The van der Waals surface area contributed by atoms with Crippen molar-refractivity contribution in [2.24, 2.45) is 5.92 Å². The maximum atomic E-state index is 13.1. The zero-order valence-electron chi connectivity index (χ0n) is 15.7. The molecule has 0 bridgehead atoms. The maximum Gasteiger partial charge on any atom is 0.224 e. The molecule has 26 heavy (non-hydrogen) atoms. The highest BCUT2D eigenvalue weighted by molar-refractivity contribution is 5.91. The van der Waals surface area contributed by atoms with Crippen LogP contribution in [0, 0.1) is 25.6 Å². The van der Waals surface area contributed by atoms with Gasteiger partial charge in [0.25, 0.3) is 0 Å². The van der Waals surface area contributed by atoms with Crippen LogP contribution >= 0.6 is 0 Å². The molecule has 5 heteroatoms. The van der Waals surface area contributed by atoms with Crippen molar-refractivity contribution in [1.82, 2.24) is 9.78 Å². The van der Waals surface area contributed by atoms with Gasteiger partial charge in [0.2, 0.25) is 5.91 Å². The molecule has 1 N–H and O–H groups in total. The average molecular weight is 357 g/mol. The van der Waals surface area contributed by atoms with Gasteiger partial charge in [-0.15, -0.1) is 0 Å². The molecule has 1 aliphatic rings. The van der Waals surface area contributed by atoms with Crippen molar-refractivity contribution in [2.45, 2.75) is 65.3 Å². The molecule has 1 aliphatic carbocycles. The number of halogens is 1. The van der Waals surface area contributed by atoms with Gasteiger partial charge in [0.05, 0.1) is 23.6 Å². The second-order valence-corrected chi connectivity index (χ2v) is 7.42. The summed E-state index contributed by atoms with van der Waals surface area (Å²) < 4.78 is 14.9. The van der Waals surface area contributed by atoms with Gasteiger partial charge in [-0.3, -0.25) is 9.48 Å². The summed E-state index contributed by atoms with van der Waals surface area (Å²) in [7, 11) is 0. The van der Waals surface area contributed by atoms with E-state index >= 15 is 0 Å². The van der Waals surface area contributed by atoms with Crippen molar-refractivity contribution in [3.8, 4) is 0 Å². The molecule has 140 valence electrons. The van der Waals surface area contributed by atoms with E-state index in [1.54, 1.807) is 12.1 Å². The van der Waals surface area contributed by atoms with Crippen LogP contribution in [0.1, 0.15) is 61.9 Å². The molecular weight excluding hydrogens is 329 g/mol. The van der Waals surface area contributed by atoms with Crippen LogP contribution in [0.2, 0.25) is 0 Å². The highest BCUT2D eigenvalue weighted by atomic mass is 19.1. The lowest BCUT2D eigenvalue weighted by molar-refractivity contribution is -0.116. The zero-order chi connectivity index (χ0) is 18.5. The largest absolute Gasteiger partial charge is 0.323 e. The molecule has 1 aromatic heterocycles. The summed E-state index contributed by atoms with van der Waals surface area (Å²) in [5.41, 5.74) is 3.53. The van der Waals surface area contributed by atoms with Crippen LogP contribution in [-0.2, 0) is 11.3 Å². The van der Waals surface area contributed by atoms with Crippen LogP contribution in [0.4, 0.5) is 10.1 Å². The molecule has 0 spiro atoms. The van der Waals surface area contributed by atoms with Crippen molar-refractivity contribution >= 4 is 11.6 Å². The summed E-state index contributed by atoms with van der Waals surface area (Å²) >= 11 is 0. The van der Waals surface area contributed by atoms with Gasteiger partial charge in [-0.1, -0.05) is 44.2 Å². The van der Waals surface area contributed by atoms with Crippen molar-refractivity contribution in [3.05, 3.63) is 47.0 Å². The summed E-state index contributed by atoms with van der Waals surface area (Å²) in [6, 6.07) is 6.42. The Morgan fingerprint density at radius 2 is 1.88 bits per heavy atom. The fraction of sp³-hybridized carbons (Fsp3) is 0.524. The molecule has 0 unspecified atom stereocenters. The summed E-state index contributed by atoms with van der Waals surface area (Å²) in [6.07, 6.45) is 8.04. The van der Waals surface area contributed by atoms with Gasteiger partial charge < -0.3 is 5.32 Å². The number of carbonyl (C=O) groups excluding carboxylic acids is 1. The van der Waals surface area contributed by atoms with E-state index in [0.717, 1.165) is 29.1 Å². The minimum atomic E-state index is -0.243. The van der Waals surface area contributed by atoms with Crippen molar-refractivity contribution < 1.29 is 9.18 Å². The first-order valence-corrected chi connectivity index (χ1v) is 9.61. The zero-order valence-corrected chi connectivity index (χ0v) is 15.7. The fourth-order valence-corrected chi connectivity index (χ4v) is 3.81. The van der Waals surface area contributed by atoms with Gasteiger partial charge in [-0.25, -0.2) is 4.39 Å². The number of amides is 1. The number of aromatic nitrogens is 2. The standard InChI is InChI=1S/C21H28FN3O/c1-15-21(23-20(26)13-10-17-6-4-3-5-7-17)16(2)25(24-15)14-18-8-11-19(22)12-9-18/h8-9,11-12,17H,3-7,10,13-14H2,1-2H3,(H,23,26). The summed E-state index contributed by atoms with van der Waals surface area (Å²) in [5, 5.41) is 7.59. The smallest absolute Gasteiger partial charge is 0.224 e. The third kappa shape index (κ3) is 4.71. The molecule has 0 radical (unpaired) electrons. The normalized spacial score (nSPS) is 15.2. The van der Waals surface area contributed by atoms with E-state index in [4.69, 9.17) is 0 Å². The Labute approximate surface area is 154 Å². The van der Waals surface area contributed by atoms with Crippen LogP contribution < -0.4 is 5.32 Å². The topological polar surface area (TPSA) is 46.9 Å². The van der Waals surface area contributed by atoms with Crippen LogP contribution in [0.15, 0.2) is 24.3 Å². The monoisotopic (exact) mass is 357 g/mol. The number of aryl methyl sites for hydroxylation is 1. The Morgan fingerprint density at radius 3 is 2.58 bits per heavy atom. The predicted octanol–water partition coefficient (Wildman–Crippen LogP) is 4.99. The number of hydrogen-bond donors (Lipinski definition) is 1. The average Bonchev–Trinajstić information content (AvgIpc) is 2.90. The third-order valence-corrected chi connectivity index (χ3v) is 5.40. The molecule has 1 amide bonds. The van der Waals surface area contributed by atoms with E-state index in [2.05, 4.69) is 10.4 Å². The quantitative estimate of drug-likeness (QED) is 0.792. The van der Waals surface area contributed by atoms with Crippen LogP contribution in [0.5, 0.6) is 0 Å². The van der Waals surface area contributed by atoms with Crippen molar-refractivity contribution in [3.63, 3.8) is 0 Å². The minimum absolute atomic E-state index is 0.0723. The Bertz CT molecular complexity index is 745. The fourth-order valence-electron chi connectivity index (χ4n) is 3.81. The van der Waals surface area contributed by atoms with Crippen molar-refractivity contribution in [2.75, 3.05) is 5.32 Å². The van der Waals surface area contributed by atoms with E-state index < -0.39 is 0 Å². The Kier molecular flexibility index (Phi) is 6.07. The van der Waals surface area contributed by atoms with E-state index in [1.165, 1.54) is 44.2 Å². The van der Waals surface area contributed by atoms with Gasteiger partial charge in [0.15, 0.2) is 0 Å². The molecule has 0 saturated heterocycles. The lowest BCUT2D eigenvalue weighted by Gasteiger charge is -2.21.